The van der Waals surface area contributed by atoms with E-state index in [1.54, 1.807) is 4.90 Å². The van der Waals surface area contributed by atoms with Gasteiger partial charge in [0.05, 0.1) is 45.6 Å². The first-order chi connectivity index (χ1) is 7.80. The predicted octanol–water partition coefficient (Wildman–Crippen LogP) is -2.27. The molecule has 0 atom stereocenters. The summed E-state index contributed by atoms with van der Waals surface area (Å²) in [5.41, 5.74) is 4.83. The van der Waals surface area contributed by atoms with Gasteiger partial charge in [-0.05, 0) is 26.2 Å². The summed E-state index contributed by atoms with van der Waals surface area (Å²) in [6, 6.07) is 0. The second-order valence-corrected chi connectivity index (χ2v) is 5.80. The van der Waals surface area contributed by atoms with Gasteiger partial charge >= 0.3 is 0 Å². The molecule has 2 fully saturated rings. The molecule has 0 saturated carbocycles. The second kappa shape index (κ2) is 5.48. The summed E-state index contributed by atoms with van der Waals surface area (Å²) >= 11 is 0. The van der Waals surface area contributed by atoms with Crippen LogP contribution in [0.25, 0.3) is 0 Å². The van der Waals surface area contributed by atoms with Crippen LogP contribution in [0.1, 0.15) is 39.0 Å². The zero-order chi connectivity index (χ0) is 11.4. The lowest BCUT2D eigenvalue weighted by Crippen LogP contribution is -3.26. The molecule has 0 aliphatic carbocycles. The first kappa shape index (κ1) is 12.3. The fourth-order valence-corrected chi connectivity index (χ4v) is 3.72. The number of hydrogen-bond donors (Lipinski definition) is 3. The summed E-state index contributed by atoms with van der Waals surface area (Å²) in [5.74, 6) is 0. The molecule has 0 amide bonds. The largest absolute Gasteiger partial charge is 0.352 e. The fourth-order valence-electron chi connectivity index (χ4n) is 3.72. The van der Waals surface area contributed by atoms with Crippen molar-refractivity contribution in [3.63, 3.8) is 0 Å². The highest BCUT2D eigenvalue weighted by atomic mass is 15.2. The third-order valence-electron chi connectivity index (χ3n) is 5.10. The van der Waals surface area contributed by atoms with Crippen LogP contribution in [-0.2, 0) is 0 Å². The van der Waals surface area contributed by atoms with Crippen molar-refractivity contribution in [2.75, 3.05) is 39.3 Å². The summed E-state index contributed by atoms with van der Waals surface area (Å²) in [4.78, 5) is 3.70. The number of nitrogens with one attached hydrogen (secondary N) is 2. The first-order valence-electron chi connectivity index (χ1n) is 7.29. The summed E-state index contributed by atoms with van der Waals surface area (Å²) in [6.07, 6.45) is 7.18. The molecule has 2 aliphatic rings. The molecular weight excluding hydrogens is 198 g/mol. The van der Waals surface area contributed by atoms with E-state index >= 15 is 0 Å². The fraction of sp³-hybridized carbons (Fsp3) is 1.00. The molecule has 2 saturated heterocycles. The van der Waals surface area contributed by atoms with Crippen LogP contribution in [0.5, 0.6) is 0 Å². The van der Waals surface area contributed by atoms with Crippen molar-refractivity contribution in [2.45, 2.75) is 44.6 Å². The Balaban J connectivity index is 1.96. The van der Waals surface area contributed by atoms with E-state index in [1.807, 2.05) is 4.90 Å². The lowest BCUT2D eigenvalue weighted by molar-refractivity contribution is -0.987. The van der Waals surface area contributed by atoms with Gasteiger partial charge in [-0.1, -0.05) is 0 Å². The smallest absolute Gasteiger partial charge is 0.158 e. The monoisotopic (exact) mass is 228 g/mol. The Morgan fingerprint density at radius 2 is 1.62 bits per heavy atom. The molecule has 16 heavy (non-hydrogen) atoms. The van der Waals surface area contributed by atoms with Crippen LogP contribution in [0.2, 0.25) is 0 Å². The zero-order valence-corrected chi connectivity index (χ0v) is 11.0. The van der Waals surface area contributed by atoms with Crippen molar-refractivity contribution in [2.24, 2.45) is 0 Å². The van der Waals surface area contributed by atoms with E-state index in [-0.39, 0.29) is 0 Å². The standard InChI is InChI=1S/C13H27N3/c1-2-15-10-6-13(12-14,7-11-15)16-8-4-3-5-9-16/h2-12,14H2,1H3/p+3. The van der Waals surface area contributed by atoms with Crippen LogP contribution in [0, 0.1) is 0 Å². The highest BCUT2D eigenvalue weighted by Gasteiger charge is 2.45. The SMILES string of the molecule is CC[NH+]1CCC(C[NH3+])([NH+]2CCCCC2)CC1. The Hall–Kier alpha value is -0.120. The third kappa shape index (κ3) is 2.41. The molecule has 94 valence electrons. The lowest BCUT2D eigenvalue weighted by Gasteiger charge is -2.43. The number of hydrogen-bond acceptors (Lipinski definition) is 0. The first-order valence-corrected chi connectivity index (χ1v) is 7.29. The Labute approximate surface area is 100.0 Å². The minimum absolute atomic E-state index is 0.555. The molecule has 5 N–H and O–H groups in total. The highest BCUT2D eigenvalue weighted by molar-refractivity contribution is 4.80. The summed E-state index contributed by atoms with van der Waals surface area (Å²) in [6.45, 7) is 10.4. The van der Waals surface area contributed by atoms with E-state index in [4.69, 9.17) is 0 Å². The Morgan fingerprint density at radius 1 is 1.00 bits per heavy atom. The van der Waals surface area contributed by atoms with Crippen molar-refractivity contribution in [3.05, 3.63) is 0 Å². The molecule has 2 aliphatic heterocycles. The van der Waals surface area contributed by atoms with E-state index < -0.39 is 0 Å². The summed E-state index contributed by atoms with van der Waals surface area (Å²) in [7, 11) is 0. The van der Waals surface area contributed by atoms with Crippen molar-refractivity contribution >= 4 is 0 Å². The van der Waals surface area contributed by atoms with Crippen molar-refractivity contribution in [3.8, 4) is 0 Å². The van der Waals surface area contributed by atoms with Gasteiger partial charge in [0.2, 0.25) is 0 Å². The van der Waals surface area contributed by atoms with Gasteiger partial charge in [-0.25, -0.2) is 0 Å². The maximum atomic E-state index is 4.28. The maximum Gasteiger partial charge on any atom is 0.158 e. The van der Waals surface area contributed by atoms with E-state index in [0.717, 1.165) is 6.54 Å². The molecule has 3 nitrogen and oxygen atoms in total. The molecular formula is C13H30N3+3. The van der Waals surface area contributed by atoms with E-state index in [9.17, 15) is 0 Å². The molecule has 0 bridgehead atoms. The Kier molecular flexibility index (Phi) is 4.22. The molecule has 0 spiro atoms. The average Bonchev–Trinajstić information content (AvgIpc) is 2.40. The molecule has 0 unspecified atom stereocenters. The normalized spacial score (nSPS) is 37.5. The molecule has 0 aromatic carbocycles. The molecule has 3 heteroatoms. The molecule has 0 aromatic heterocycles. The summed E-state index contributed by atoms with van der Waals surface area (Å²) < 4.78 is 0. The number of quaternary nitrogens is 3. The van der Waals surface area contributed by atoms with Crippen molar-refractivity contribution < 1.29 is 15.5 Å². The molecule has 0 aromatic rings. The number of rotatable bonds is 3. The van der Waals surface area contributed by atoms with Gasteiger partial charge < -0.3 is 15.5 Å². The van der Waals surface area contributed by atoms with Crippen molar-refractivity contribution in [1.29, 1.82) is 0 Å². The maximum absolute atomic E-state index is 4.28. The van der Waals surface area contributed by atoms with Crippen molar-refractivity contribution in [1.82, 2.24) is 0 Å². The van der Waals surface area contributed by atoms with Gasteiger partial charge in [-0.2, -0.15) is 0 Å². The number of piperidine rings is 2. The minimum Gasteiger partial charge on any atom is -0.352 e. The van der Waals surface area contributed by atoms with E-state index in [2.05, 4.69) is 12.7 Å². The van der Waals surface area contributed by atoms with Crippen LogP contribution in [0.4, 0.5) is 0 Å². The van der Waals surface area contributed by atoms with Crippen LogP contribution >= 0.6 is 0 Å². The predicted molar refractivity (Wildman–Crippen MR) is 65.5 cm³/mol. The lowest BCUT2D eigenvalue weighted by atomic mass is 9.84. The molecule has 0 radical (unpaired) electrons. The van der Waals surface area contributed by atoms with Crippen LogP contribution in [0.15, 0.2) is 0 Å². The van der Waals surface area contributed by atoms with Gasteiger partial charge in [0.1, 0.15) is 6.54 Å². The van der Waals surface area contributed by atoms with E-state index in [0.29, 0.717) is 5.54 Å². The Morgan fingerprint density at radius 3 is 2.12 bits per heavy atom. The number of likely N-dealkylation sites (tertiary alicyclic amines) is 2. The molecule has 2 heterocycles. The van der Waals surface area contributed by atoms with E-state index in [1.165, 1.54) is 64.8 Å². The summed E-state index contributed by atoms with van der Waals surface area (Å²) in [5, 5.41) is 0. The average molecular weight is 228 g/mol. The van der Waals surface area contributed by atoms with Crippen LogP contribution in [-0.4, -0.2) is 44.8 Å². The van der Waals surface area contributed by atoms with Gasteiger partial charge in [-0.15, -0.1) is 0 Å². The second-order valence-electron chi connectivity index (χ2n) is 5.80. The van der Waals surface area contributed by atoms with Crippen LogP contribution < -0.4 is 15.5 Å². The molecule has 2 rings (SSSR count). The van der Waals surface area contributed by atoms with Crippen LogP contribution in [0.3, 0.4) is 0 Å². The quantitative estimate of drug-likeness (QED) is 0.488. The van der Waals surface area contributed by atoms with Gasteiger partial charge in [-0.3, -0.25) is 0 Å². The zero-order valence-electron chi connectivity index (χ0n) is 11.0. The highest BCUT2D eigenvalue weighted by Crippen LogP contribution is 2.12. The Bertz CT molecular complexity index is 203. The van der Waals surface area contributed by atoms with Gasteiger partial charge in [0.25, 0.3) is 0 Å². The van der Waals surface area contributed by atoms with Gasteiger partial charge in [0, 0.05) is 0 Å². The van der Waals surface area contributed by atoms with Gasteiger partial charge in [0.15, 0.2) is 5.54 Å². The topological polar surface area (TPSA) is 36.5 Å². The minimum atomic E-state index is 0.555. The third-order valence-corrected chi connectivity index (χ3v) is 5.10.